The molecular weight excluding hydrogens is 246 g/mol. The van der Waals surface area contributed by atoms with Crippen molar-refractivity contribution in [3.05, 3.63) is 10.6 Å². The van der Waals surface area contributed by atoms with Gasteiger partial charge in [0.2, 0.25) is 0 Å². The van der Waals surface area contributed by atoms with E-state index in [-0.39, 0.29) is 0 Å². The van der Waals surface area contributed by atoms with Gasteiger partial charge in [0, 0.05) is 25.1 Å². The Labute approximate surface area is 113 Å². The van der Waals surface area contributed by atoms with Gasteiger partial charge in [-0.25, -0.2) is 4.98 Å². The van der Waals surface area contributed by atoms with Crippen molar-refractivity contribution in [3.63, 3.8) is 0 Å². The number of rotatable bonds is 6. The Morgan fingerprint density at radius 3 is 3.06 bits per heavy atom. The topological polar surface area (TPSA) is 37.4 Å². The third-order valence-electron chi connectivity index (χ3n) is 3.51. The standard InChI is InChI=1S/C13H23N3OS/c1-4-16(8-9-17-3)13-15-12-10(14-2)6-5-7-11(12)18-13/h10,14H,4-9H2,1-3H3. The number of anilines is 1. The summed E-state index contributed by atoms with van der Waals surface area (Å²) in [6.07, 6.45) is 3.66. The van der Waals surface area contributed by atoms with Crippen LogP contribution in [0.1, 0.15) is 36.4 Å². The Balaban J connectivity index is 2.16. The lowest BCUT2D eigenvalue weighted by Gasteiger charge is -2.20. The Morgan fingerprint density at radius 2 is 2.39 bits per heavy atom. The molecule has 4 nitrogen and oxygen atoms in total. The highest BCUT2D eigenvalue weighted by Gasteiger charge is 2.24. The molecule has 1 aliphatic rings. The minimum Gasteiger partial charge on any atom is -0.383 e. The predicted molar refractivity (Wildman–Crippen MR) is 76.6 cm³/mol. The number of hydrogen-bond donors (Lipinski definition) is 1. The molecule has 1 unspecified atom stereocenters. The van der Waals surface area contributed by atoms with E-state index in [1.165, 1.54) is 29.8 Å². The van der Waals surface area contributed by atoms with Crippen LogP contribution >= 0.6 is 11.3 Å². The average molecular weight is 269 g/mol. The molecule has 5 heteroatoms. The molecular formula is C13H23N3OS. The summed E-state index contributed by atoms with van der Waals surface area (Å²) in [5, 5.41) is 4.53. The number of thiazole rings is 1. The second-order valence-corrected chi connectivity index (χ2v) is 5.67. The molecule has 0 aliphatic heterocycles. The molecule has 0 bridgehead atoms. The molecule has 0 fully saturated rings. The van der Waals surface area contributed by atoms with Crippen molar-refractivity contribution in [2.24, 2.45) is 0 Å². The normalized spacial score (nSPS) is 18.7. The second-order valence-electron chi connectivity index (χ2n) is 4.61. The first-order chi connectivity index (χ1) is 8.80. The Bertz CT molecular complexity index is 380. The van der Waals surface area contributed by atoms with Crippen LogP contribution in [0, 0.1) is 0 Å². The maximum Gasteiger partial charge on any atom is 0.185 e. The van der Waals surface area contributed by atoms with E-state index in [0.29, 0.717) is 6.04 Å². The zero-order valence-electron chi connectivity index (χ0n) is 11.5. The smallest absolute Gasteiger partial charge is 0.185 e. The van der Waals surface area contributed by atoms with Gasteiger partial charge in [-0.3, -0.25) is 0 Å². The molecule has 0 radical (unpaired) electrons. The Kier molecular flexibility index (Phi) is 4.97. The fraction of sp³-hybridized carbons (Fsp3) is 0.769. The lowest BCUT2D eigenvalue weighted by Crippen LogP contribution is -2.27. The van der Waals surface area contributed by atoms with E-state index in [1.807, 2.05) is 18.4 Å². The molecule has 0 saturated heterocycles. The number of ether oxygens (including phenoxy) is 1. The van der Waals surface area contributed by atoms with Crippen molar-refractivity contribution < 1.29 is 4.74 Å². The molecule has 18 heavy (non-hydrogen) atoms. The van der Waals surface area contributed by atoms with Crippen LogP contribution < -0.4 is 10.2 Å². The molecule has 0 saturated carbocycles. The number of nitrogens with zero attached hydrogens (tertiary/aromatic N) is 2. The van der Waals surface area contributed by atoms with Gasteiger partial charge in [0.25, 0.3) is 0 Å². The van der Waals surface area contributed by atoms with Crippen LogP contribution in [0.5, 0.6) is 0 Å². The number of fused-ring (bicyclic) bond motifs is 1. The summed E-state index contributed by atoms with van der Waals surface area (Å²) in [5.41, 5.74) is 1.28. The van der Waals surface area contributed by atoms with E-state index in [2.05, 4.69) is 17.1 Å². The molecule has 0 spiro atoms. The summed E-state index contributed by atoms with van der Waals surface area (Å²) in [5.74, 6) is 0. The van der Waals surface area contributed by atoms with E-state index in [1.54, 1.807) is 7.11 Å². The molecule has 2 rings (SSSR count). The largest absolute Gasteiger partial charge is 0.383 e. The molecule has 0 aromatic carbocycles. The summed E-state index contributed by atoms with van der Waals surface area (Å²) in [4.78, 5) is 8.62. The first-order valence-electron chi connectivity index (χ1n) is 6.70. The van der Waals surface area contributed by atoms with Gasteiger partial charge in [0.05, 0.1) is 18.3 Å². The number of likely N-dealkylation sites (N-methyl/N-ethyl adjacent to an activating group) is 1. The molecule has 102 valence electrons. The molecule has 1 atom stereocenters. The SMILES string of the molecule is CCN(CCOC)c1nc2c(s1)CCCC2NC. The van der Waals surface area contributed by atoms with Gasteiger partial charge in [-0.15, -0.1) is 11.3 Å². The maximum absolute atomic E-state index is 5.16. The summed E-state index contributed by atoms with van der Waals surface area (Å²) >= 11 is 1.86. The van der Waals surface area contributed by atoms with Crippen molar-refractivity contribution in [1.29, 1.82) is 0 Å². The highest BCUT2D eigenvalue weighted by atomic mass is 32.1. The van der Waals surface area contributed by atoms with Crippen molar-refractivity contribution >= 4 is 16.5 Å². The summed E-state index contributed by atoms with van der Waals surface area (Å²) in [7, 11) is 3.78. The highest BCUT2D eigenvalue weighted by Crippen LogP contribution is 2.36. The fourth-order valence-electron chi connectivity index (χ4n) is 2.41. The van der Waals surface area contributed by atoms with E-state index < -0.39 is 0 Å². The lowest BCUT2D eigenvalue weighted by atomic mass is 9.98. The van der Waals surface area contributed by atoms with Crippen LogP contribution in [-0.4, -0.2) is 38.8 Å². The van der Waals surface area contributed by atoms with Gasteiger partial charge >= 0.3 is 0 Å². The average Bonchev–Trinajstić information content (AvgIpc) is 2.83. The van der Waals surface area contributed by atoms with Crippen molar-refractivity contribution in [1.82, 2.24) is 10.3 Å². The van der Waals surface area contributed by atoms with Crippen LogP contribution in [0.2, 0.25) is 0 Å². The first-order valence-corrected chi connectivity index (χ1v) is 7.52. The van der Waals surface area contributed by atoms with Gasteiger partial charge in [-0.05, 0) is 33.2 Å². The number of aromatic nitrogens is 1. The molecule has 1 N–H and O–H groups in total. The summed E-state index contributed by atoms with van der Waals surface area (Å²) in [6.45, 7) is 4.84. The minimum atomic E-state index is 0.444. The summed E-state index contributed by atoms with van der Waals surface area (Å²) in [6, 6.07) is 0.444. The third-order valence-corrected chi connectivity index (χ3v) is 4.70. The highest BCUT2D eigenvalue weighted by molar-refractivity contribution is 7.15. The van der Waals surface area contributed by atoms with Crippen LogP contribution in [-0.2, 0) is 11.2 Å². The van der Waals surface area contributed by atoms with Crippen LogP contribution in [0.15, 0.2) is 0 Å². The van der Waals surface area contributed by atoms with Gasteiger partial charge in [-0.1, -0.05) is 0 Å². The lowest BCUT2D eigenvalue weighted by molar-refractivity contribution is 0.205. The number of aryl methyl sites for hydroxylation is 1. The van der Waals surface area contributed by atoms with Crippen LogP contribution in [0.25, 0.3) is 0 Å². The van der Waals surface area contributed by atoms with Gasteiger partial charge < -0.3 is 15.0 Å². The van der Waals surface area contributed by atoms with E-state index in [4.69, 9.17) is 9.72 Å². The van der Waals surface area contributed by atoms with Crippen molar-refractivity contribution in [3.8, 4) is 0 Å². The molecule has 1 aromatic heterocycles. The quantitative estimate of drug-likeness (QED) is 0.859. The molecule has 1 aromatic rings. The molecule has 0 amide bonds. The number of nitrogens with one attached hydrogen (secondary N) is 1. The monoisotopic (exact) mass is 269 g/mol. The zero-order chi connectivity index (χ0) is 13.0. The van der Waals surface area contributed by atoms with Crippen molar-refractivity contribution in [2.75, 3.05) is 38.8 Å². The first kappa shape index (κ1) is 13.8. The molecule has 1 heterocycles. The van der Waals surface area contributed by atoms with E-state index in [0.717, 1.165) is 24.8 Å². The maximum atomic E-state index is 5.16. The van der Waals surface area contributed by atoms with Crippen LogP contribution in [0.4, 0.5) is 5.13 Å². The van der Waals surface area contributed by atoms with Crippen molar-refractivity contribution in [2.45, 2.75) is 32.2 Å². The van der Waals surface area contributed by atoms with Gasteiger partial charge in [0.1, 0.15) is 0 Å². The Hall–Kier alpha value is -0.650. The Morgan fingerprint density at radius 1 is 1.56 bits per heavy atom. The van der Waals surface area contributed by atoms with Gasteiger partial charge in [-0.2, -0.15) is 0 Å². The van der Waals surface area contributed by atoms with Gasteiger partial charge in [0.15, 0.2) is 5.13 Å². The minimum absolute atomic E-state index is 0.444. The predicted octanol–water partition coefficient (Wildman–Crippen LogP) is 2.21. The fourth-order valence-corrected chi connectivity index (χ4v) is 3.67. The van der Waals surface area contributed by atoms with E-state index in [9.17, 15) is 0 Å². The second kappa shape index (κ2) is 6.50. The van der Waals surface area contributed by atoms with E-state index >= 15 is 0 Å². The summed E-state index contributed by atoms with van der Waals surface area (Å²) < 4.78 is 5.16. The van der Waals surface area contributed by atoms with Crippen LogP contribution in [0.3, 0.4) is 0 Å². The third kappa shape index (κ3) is 2.84. The molecule has 1 aliphatic carbocycles. The number of methoxy groups -OCH3 is 1. The zero-order valence-corrected chi connectivity index (χ0v) is 12.3. The number of hydrogen-bond acceptors (Lipinski definition) is 5.